The van der Waals surface area contributed by atoms with Crippen LogP contribution in [-0.2, 0) is 0 Å². The van der Waals surface area contributed by atoms with Crippen LogP contribution in [0.1, 0.15) is 5.56 Å². The number of amides is 2. The van der Waals surface area contributed by atoms with Crippen molar-refractivity contribution in [3.05, 3.63) is 58.6 Å². The maximum absolute atomic E-state index is 11.9. The molecule has 2 amide bonds. The third kappa shape index (κ3) is 2.94. The van der Waals surface area contributed by atoms with Gasteiger partial charge in [-0.25, -0.2) is 9.59 Å². The fourth-order valence-electron chi connectivity index (χ4n) is 1.95. The molecule has 2 aromatic carbocycles. The van der Waals surface area contributed by atoms with Crippen LogP contribution in [0.3, 0.4) is 0 Å². The Labute approximate surface area is 119 Å². The van der Waals surface area contributed by atoms with Crippen LogP contribution in [0, 0.1) is 6.92 Å². The van der Waals surface area contributed by atoms with E-state index in [0.717, 1.165) is 5.56 Å². The van der Waals surface area contributed by atoms with Gasteiger partial charge in [0.15, 0.2) is 5.58 Å². The summed E-state index contributed by atoms with van der Waals surface area (Å²) in [6.45, 7) is 1.98. The van der Waals surface area contributed by atoms with E-state index in [9.17, 15) is 9.59 Å². The van der Waals surface area contributed by atoms with Crippen molar-refractivity contribution < 1.29 is 9.21 Å². The lowest BCUT2D eigenvalue weighted by Gasteiger charge is -2.07. The quantitative estimate of drug-likeness (QED) is 0.675. The maximum atomic E-state index is 11.9. The van der Waals surface area contributed by atoms with Crippen LogP contribution < -0.4 is 16.4 Å². The third-order valence-corrected chi connectivity index (χ3v) is 2.99. The summed E-state index contributed by atoms with van der Waals surface area (Å²) in [6.07, 6.45) is 0. The molecule has 0 saturated carbocycles. The number of rotatable bonds is 2. The summed E-state index contributed by atoms with van der Waals surface area (Å²) < 4.78 is 4.94. The molecule has 21 heavy (non-hydrogen) atoms. The summed E-state index contributed by atoms with van der Waals surface area (Å²) in [5.74, 6) is -0.522. The predicted molar refractivity (Wildman–Crippen MR) is 80.7 cm³/mol. The van der Waals surface area contributed by atoms with Gasteiger partial charge in [-0.1, -0.05) is 17.7 Å². The molecule has 0 aliphatic heterocycles. The Hall–Kier alpha value is -3.02. The van der Waals surface area contributed by atoms with Gasteiger partial charge in [0.05, 0.1) is 5.52 Å². The first-order chi connectivity index (χ1) is 10.1. The van der Waals surface area contributed by atoms with Crippen molar-refractivity contribution in [1.82, 2.24) is 4.98 Å². The van der Waals surface area contributed by atoms with Crippen LogP contribution in [0.2, 0.25) is 0 Å². The predicted octanol–water partition coefficient (Wildman–Crippen LogP) is 3.07. The molecule has 6 nitrogen and oxygen atoms in total. The summed E-state index contributed by atoms with van der Waals surface area (Å²) in [5, 5.41) is 5.40. The first-order valence-corrected chi connectivity index (χ1v) is 6.38. The van der Waals surface area contributed by atoms with E-state index >= 15 is 0 Å². The number of urea groups is 1. The number of aryl methyl sites for hydroxylation is 1. The van der Waals surface area contributed by atoms with Crippen LogP contribution in [0.15, 0.2) is 51.7 Å². The van der Waals surface area contributed by atoms with Gasteiger partial charge in [-0.05, 0) is 31.2 Å². The Balaban J connectivity index is 1.73. The minimum atomic E-state index is -0.522. The van der Waals surface area contributed by atoms with Gasteiger partial charge in [-0.15, -0.1) is 0 Å². The fourth-order valence-corrected chi connectivity index (χ4v) is 1.95. The number of hydrogen-bond donors (Lipinski definition) is 3. The van der Waals surface area contributed by atoms with Crippen molar-refractivity contribution in [2.24, 2.45) is 0 Å². The number of carbonyl (C=O) groups excluding carboxylic acids is 1. The number of aromatic amines is 1. The van der Waals surface area contributed by atoms with Crippen molar-refractivity contribution in [2.75, 3.05) is 10.6 Å². The maximum Gasteiger partial charge on any atom is 0.417 e. The molecular formula is C15H13N3O3. The Kier molecular flexibility index (Phi) is 3.19. The van der Waals surface area contributed by atoms with Crippen molar-refractivity contribution in [3.63, 3.8) is 0 Å². The normalized spacial score (nSPS) is 10.5. The number of oxazole rings is 1. The zero-order valence-corrected chi connectivity index (χ0v) is 11.3. The average Bonchev–Trinajstić information content (AvgIpc) is 2.80. The lowest BCUT2D eigenvalue weighted by molar-refractivity contribution is 0.262. The smallest absolute Gasteiger partial charge is 0.408 e. The molecule has 6 heteroatoms. The van der Waals surface area contributed by atoms with E-state index < -0.39 is 5.76 Å². The molecule has 3 rings (SSSR count). The van der Waals surface area contributed by atoms with Gasteiger partial charge in [0.2, 0.25) is 0 Å². The van der Waals surface area contributed by atoms with Crippen molar-refractivity contribution in [2.45, 2.75) is 6.92 Å². The highest BCUT2D eigenvalue weighted by Gasteiger charge is 2.06. The van der Waals surface area contributed by atoms with E-state index in [1.165, 1.54) is 0 Å². The molecule has 0 unspecified atom stereocenters. The molecule has 3 N–H and O–H groups in total. The van der Waals surface area contributed by atoms with Gasteiger partial charge in [-0.3, -0.25) is 4.98 Å². The summed E-state index contributed by atoms with van der Waals surface area (Å²) in [4.78, 5) is 25.5. The molecule has 0 radical (unpaired) electrons. The zero-order chi connectivity index (χ0) is 14.8. The van der Waals surface area contributed by atoms with E-state index in [0.29, 0.717) is 22.5 Å². The summed E-state index contributed by atoms with van der Waals surface area (Å²) in [5.41, 5.74) is 3.34. The molecule has 3 aromatic rings. The minimum Gasteiger partial charge on any atom is -0.408 e. The summed E-state index contributed by atoms with van der Waals surface area (Å²) in [6, 6.07) is 12.0. The van der Waals surface area contributed by atoms with Gasteiger partial charge < -0.3 is 15.1 Å². The first kappa shape index (κ1) is 13.0. The van der Waals surface area contributed by atoms with Crippen LogP contribution in [-0.4, -0.2) is 11.0 Å². The van der Waals surface area contributed by atoms with E-state index in [1.807, 2.05) is 31.2 Å². The van der Waals surface area contributed by atoms with Gasteiger partial charge in [0.25, 0.3) is 0 Å². The van der Waals surface area contributed by atoms with E-state index in [-0.39, 0.29) is 6.03 Å². The van der Waals surface area contributed by atoms with Crippen molar-refractivity contribution in [1.29, 1.82) is 0 Å². The number of nitrogens with one attached hydrogen (secondary N) is 3. The third-order valence-electron chi connectivity index (χ3n) is 2.99. The van der Waals surface area contributed by atoms with Crippen LogP contribution >= 0.6 is 0 Å². The van der Waals surface area contributed by atoms with Crippen LogP contribution in [0.25, 0.3) is 11.1 Å². The summed E-state index contributed by atoms with van der Waals surface area (Å²) >= 11 is 0. The summed E-state index contributed by atoms with van der Waals surface area (Å²) in [7, 11) is 0. The number of benzene rings is 2. The molecule has 1 aromatic heterocycles. The number of H-pyrrole nitrogens is 1. The molecule has 0 fully saturated rings. The van der Waals surface area contributed by atoms with Gasteiger partial charge in [0.1, 0.15) is 0 Å². The zero-order valence-electron chi connectivity index (χ0n) is 11.3. The molecule has 0 saturated heterocycles. The van der Waals surface area contributed by atoms with Gasteiger partial charge in [-0.2, -0.15) is 0 Å². The highest BCUT2D eigenvalue weighted by molar-refractivity contribution is 6.00. The second-order valence-corrected chi connectivity index (χ2v) is 4.67. The lowest BCUT2D eigenvalue weighted by Crippen LogP contribution is -2.19. The molecule has 106 valence electrons. The lowest BCUT2D eigenvalue weighted by atomic mass is 10.2. The fraction of sp³-hybridized carbons (Fsp3) is 0.0667. The van der Waals surface area contributed by atoms with Gasteiger partial charge in [0, 0.05) is 17.4 Å². The van der Waals surface area contributed by atoms with Crippen LogP contribution in [0.4, 0.5) is 16.2 Å². The number of carbonyl (C=O) groups is 1. The molecule has 0 aliphatic rings. The molecule has 0 spiro atoms. The Morgan fingerprint density at radius 2 is 1.71 bits per heavy atom. The minimum absolute atomic E-state index is 0.365. The SMILES string of the molecule is Cc1ccc(NC(=O)Nc2ccc3[nH]c(=O)oc3c2)cc1. The number of hydrogen-bond acceptors (Lipinski definition) is 3. The largest absolute Gasteiger partial charge is 0.417 e. The molecular weight excluding hydrogens is 270 g/mol. The standard InChI is InChI=1S/C15H13N3O3/c1-9-2-4-10(5-3-9)16-14(19)17-11-6-7-12-13(8-11)21-15(20)18-12/h2-8H,1H3,(H,18,20)(H2,16,17,19). The van der Waals surface area contributed by atoms with E-state index in [4.69, 9.17) is 4.42 Å². The first-order valence-electron chi connectivity index (χ1n) is 6.38. The molecule has 1 heterocycles. The second kappa shape index (κ2) is 5.16. The molecule has 0 aliphatic carbocycles. The van der Waals surface area contributed by atoms with Gasteiger partial charge >= 0.3 is 11.8 Å². The highest BCUT2D eigenvalue weighted by Crippen LogP contribution is 2.17. The Morgan fingerprint density at radius 1 is 1.05 bits per heavy atom. The van der Waals surface area contributed by atoms with E-state index in [1.54, 1.807) is 18.2 Å². The Bertz CT molecular complexity index is 846. The highest BCUT2D eigenvalue weighted by atomic mass is 16.4. The molecule has 0 atom stereocenters. The van der Waals surface area contributed by atoms with E-state index in [2.05, 4.69) is 15.6 Å². The van der Waals surface area contributed by atoms with Crippen molar-refractivity contribution >= 4 is 28.5 Å². The average molecular weight is 283 g/mol. The monoisotopic (exact) mass is 283 g/mol. The van der Waals surface area contributed by atoms with Crippen LogP contribution in [0.5, 0.6) is 0 Å². The number of aromatic nitrogens is 1. The number of fused-ring (bicyclic) bond motifs is 1. The number of anilines is 2. The second-order valence-electron chi connectivity index (χ2n) is 4.67. The molecule has 0 bridgehead atoms. The Morgan fingerprint density at radius 3 is 2.48 bits per heavy atom. The van der Waals surface area contributed by atoms with Crippen molar-refractivity contribution in [3.8, 4) is 0 Å². The topological polar surface area (TPSA) is 87.1 Å².